The van der Waals surface area contributed by atoms with Crippen molar-refractivity contribution in [2.24, 2.45) is 5.92 Å². The van der Waals surface area contributed by atoms with Gasteiger partial charge < -0.3 is 10.2 Å². The van der Waals surface area contributed by atoms with E-state index in [4.69, 9.17) is 0 Å². The summed E-state index contributed by atoms with van der Waals surface area (Å²) in [4.78, 5) is 25.0. The summed E-state index contributed by atoms with van der Waals surface area (Å²) < 4.78 is 0. The third-order valence-electron chi connectivity index (χ3n) is 3.58. The Morgan fingerprint density at radius 2 is 1.89 bits per heavy atom. The van der Waals surface area contributed by atoms with E-state index in [9.17, 15) is 9.59 Å². The van der Waals surface area contributed by atoms with Crippen LogP contribution >= 0.6 is 0 Å². The van der Waals surface area contributed by atoms with Gasteiger partial charge in [0, 0.05) is 18.8 Å². The van der Waals surface area contributed by atoms with E-state index in [1.165, 1.54) is 0 Å². The first-order valence-corrected chi connectivity index (χ1v) is 6.62. The maximum Gasteiger partial charge on any atom is 0.296 e. The first kappa shape index (κ1) is 13.6. The fraction of sp³-hybridized carbons (Fsp3) is 0.467. The van der Waals surface area contributed by atoms with Gasteiger partial charge in [-0.3, -0.25) is 9.59 Å². The molecule has 1 aliphatic heterocycles. The zero-order valence-corrected chi connectivity index (χ0v) is 11.9. The quantitative estimate of drug-likeness (QED) is 0.847. The summed E-state index contributed by atoms with van der Waals surface area (Å²) in [6.07, 6.45) is 1.10. The van der Waals surface area contributed by atoms with Crippen LogP contribution in [0.1, 0.15) is 37.6 Å². The first-order valence-electron chi connectivity index (χ1n) is 6.62. The number of carbonyl (C=O) groups excluding carboxylic acids is 2. The minimum atomic E-state index is -0.537. The van der Waals surface area contributed by atoms with Crippen LogP contribution in [0.5, 0.6) is 0 Å². The van der Waals surface area contributed by atoms with Crippen molar-refractivity contribution in [3.8, 4) is 0 Å². The normalized spacial score (nSPS) is 15.4. The van der Waals surface area contributed by atoms with Gasteiger partial charge in [-0.15, -0.1) is 0 Å². The number of fused-ring (bicyclic) bond motifs is 1. The number of Topliss-reactive ketones (excluding diaryl/α,β-unsaturated/α-hetero) is 1. The van der Waals surface area contributed by atoms with Crippen molar-refractivity contribution < 1.29 is 9.59 Å². The smallest absolute Gasteiger partial charge is 0.296 e. The number of ketones is 1. The summed E-state index contributed by atoms with van der Waals surface area (Å²) in [7, 11) is 2.04. The molecule has 0 radical (unpaired) electrons. The van der Waals surface area contributed by atoms with Gasteiger partial charge in [0.2, 0.25) is 0 Å². The van der Waals surface area contributed by atoms with Gasteiger partial charge in [-0.05, 0) is 37.5 Å². The van der Waals surface area contributed by atoms with Crippen molar-refractivity contribution in [1.82, 2.24) is 0 Å². The molecule has 0 saturated heterocycles. The van der Waals surface area contributed by atoms with Crippen molar-refractivity contribution in [3.05, 3.63) is 23.8 Å². The highest BCUT2D eigenvalue weighted by Crippen LogP contribution is 2.29. The Bertz CT molecular complexity index is 523. The highest BCUT2D eigenvalue weighted by Gasteiger charge is 2.28. The van der Waals surface area contributed by atoms with Gasteiger partial charge in [0.1, 0.15) is 0 Å². The molecule has 102 valence electrons. The molecule has 0 spiro atoms. The summed E-state index contributed by atoms with van der Waals surface area (Å²) in [5.74, 6) is -0.349. The fourth-order valence-corrected chi connectivity index (χ4v) is 2.45. The van der Waals surface area contributed by atoms with E-state index in [1.54, 1.807) is 6.07 Å². The van der Waals surface area contributed by atoms with Crippen LogP contribution in [0.15, 0.2) is 18.2 Å². The Morgan fingerprint density at radius 3 is 2.53 bits per heavy atom. The monoisotopic (exact) mass is 260 g/mol. The van der Waals surface area contributed by atoms with Crippen molar-refractivity contribution in [2.75, 3.05) is 17.3 Å². The number of anilines is 2. The van der Waals surface area contributed by atoms with Crippen LogP contribution in [0.3, 0.4) is 0 Å². The molecule has 4 nitrogen and oxygen atoms in total. The molecule has 1 aromatic rings. The maximum absolute atomic E-state index is 11.5. The molecule has 1 unspecified atom stereocenters. The highest BCUT2D eigenvalue weighted by molar-refractivity contribution is 6.51. The number of nitrogens with zero attached hydrogens (tertiary/aromatic N) is 1. The second-order valence-electron chi connectivity index (χ2n) is 5.60. The average molecular weight is 260 g/mol. The van der Waals surface area contributed by atoms with Gasteiger partial charge in [-0.1, -0.05) is 13.8 Å². The molecule has 0 saturated carbocycles. The minimum absolute atomic E-state index is 0.408. The highest BCUT2D eigenvalue weighted by atomic mass is 16.2. The van der Waals surface area contributed by atoms with Gasteiger partial charge in [-0.2, -0.15) is 0 Å². The lowest BCUT2D eigenvalue weighted by molar-refractivity contribution is -0.112. The Labute approximate surface area is 113 Å². The molecule has 0 fully saturated rings. The van der Waals surface area contributed by atoms with E-state index in [2.05, 4.69) is 31.0 Å². The fourth-order valence-electron chi connectivity index (χ4n) is 2.45. The van der Waals surface area contributed by atoms with Crippen LogP contribution in [-0.4, -0.2) is 24.8 Å². The molecule has 1 heterocycles. The zero-order valence-electron chi connectivity index (χ0n) is 11.9. The summed E-state index contributed by atoms with van der Waals surface area (Å²) in [5, 5.41) is 2.61. The lowest BCUT2D eigenvalue weighted by Crippen LogP contribution is -2.30. The van der Waals surface area contributed by atoms with Crippen molar-refractivity contribution in [2.45, 2.75) is 33.2 Å². The molecule has 2 rings (SSSR count). The third-order valence-corrected chi connectivity index (χ3v) is 3.58. The molecular formula is C15H20N2O2. The van der Waals surface area contributed by atoms with Gasteiger partial charge >= 0.3 is 0 Å². The predicted molar refractivity (Wildman–Crippen MR) is 76.7 cm³/mol. The topological polar surface area (TPSA) is 49.4 Å². The molecule has 0 aromatic heterocycles. The van der Waals surface area contributed by atoms with Crippen LogP contribution in [0.4, 0.5) is 11.4 Å². The standard InChI is InChI=1S/C15H20N2O2/c1-9(2)7-10(3)17(4)11-5-6-12-13(8-11)16-15(19)14(12)18/h5-6,8-10H,7H2,1-4H3,(H,16,18,19). The van der Waals surface area contributed by atoms with E-state index >= 15 is 0 Å². The van der Waals surface area contributed by atoms with Crippen molar-refractivity contribution in [1.29, 1.82) is 0 Å². The van der Waals surface area contributed by atoms with Crippen molar-refractivity contribution in [3.63, 3.8) is 0 Å². The summed E-state index contributed by atoms with van der Waals surface area (Å²) in [6.45, 7) is 6.58. The van der Waals surface area contributed by atoms with Crippen molar-refractivity contribution >= 4 is 23.1 Å². The van der Waals surface area contributed by atoms with Gasteiger partial charge in [0.05, 0.1) is 11.3 Å². The van der Waals surface area contributed by atoms with E-state index in [-0.39, 0.29) is 0 Å². The molecule has 1 atom stereocenters. The number of carbonyl (C=O) groups is 2. The van der Waals surface area contributed by atoms with Crippen LogP contribution < -0.4 is 10.2 Å². The van der Waals surface area contributed by atoms with Gasteiger partial charge in [0.25, 0.3) is 11.7 Å². The first-order chi connectivity index (χ1) is 8.90. The molecule has 19 heavy (non-hydrogen) atoms. The number of hydrogen-bond donors (Lipinski definition) is 1. The second kappa shape index (κ2) is 5.03. The lowest BCUT2D eigenvalue weighted by atomic mass is 10.0. The zero-order chi connectivity index (χ0) is 14.2. The van der Waals surface area contributed by atoms with Crippen LogP contribution in [-0.2, 0) is 4.79 Å². The molecule has 1 N–H and O–H groups in total. The Morgan fingerprint density at radius 1 is 1.21 bits per heavy atom. The van der Waals surface area contributed by atoms with Crippen LogP contribution in [0.2, 0.25) is 0 Å². The number of nitrogens with one attached hydrogen (secondary N) is 1. The van der Waals surface area contributed by atoms with Crippen LogP contribution in [0.25, 0.3) is 0 Å². The molecule has 0 bridgehead atoms. The number of rotatable bonds is 4. The van der Waals surface area contributed by atoms with Gasteiger partial charge in [0.15, 0.2) is 0 Å². The number of hydrogen-bond acceptors (Lipinski definition) is 3. The lowest BCUT2D eigenvalue weighted by Gasteiger charge is -2.28. The summed E-state index contributed by atoms with van der Waals surface area (Å²) >= 11 is 0. The van der Waals surface area contributed by atoms with E-state index in [0.717, 1.165) is 12.1 Å². The number of benzene rings is 1. The van der Waals surface area contributed by atoms with Gasteiger partial charge in [-0.25, -0.2) is 0 Å². The maximum atomic E-state index is 11.5. The van der Waals surface area contributed by atoms with E-state index in [1.807, 2.05) is 19.2 Å². The van der Waals surface area contributed by atoms with Crippen LogP contribution in [0, 0.1) is 5.92 Å². The predicted octanol–water partition coefficient (Wildman–Crippen LogP) is 2.69. The molecule has 1 amide bonds. The summed E-state index contributed by atoms with van der Waals surface area (Å²) in [5.41, 5.74) is 2.11. The molecule has 1 aliphatic rings. The molecular weight excluding hydrogens is 240 g/mol. The SMILES string of the molecule is CC(C)CC(C)N(C)c1ccc2c(c1)NC(=O)C2=O. The average Bonchev–Trinajstić information content (AvgIpc) is 2.63. The Balaban J connectivity index is 2.22. The van der Waals surface area contributed by atoms with E-state index in [0.29, 0.717) is 23.2 Å². The summed E-state index contributed by atoms with van der Waals surface area (Å²) in [6, 6.07) is 5.90. The number of amides is 1. The molecule has 4 heteroatoms. The Kier molecular flexibility index (Phi) is 3.60. The minimum Gasteiger partial charge on any atom is -0.372 e. The molecule has 0 aliphatic carbocycles. The largest absolute Gasteiger partial charge is 0.372 e. The second-order valence-corrected chi connectivity index (χ2v) is 5.60. The molecule has 1 aromatic carbocycles. The Hall–Kier alpha value is -1.84. The third kappa shape index (κ3) is 2.62. The van der Waals surface area contributed by atoms with E-state index < -0.39 is 11.7 Å².